The Balaban J connectivity index is 1.95. The van der Waals surface area contributed by atoms with Crippen LogP contribution in [0.1, 0.15) is 12.8 Å². The van der Waals surface area contributed by atoms with Crippen LogP contribution in [-0.4, -0.2) is 48.9 Å². The molecule has 2 N–H and O–H groups in total. The minimum absolute atomic E-state index is 0.174. The van der Waals surface area contributed by atoms with Gasteiger partial charge in [-0.2, -0.15) is 0 Å². The van der Waals surface area contributed by atoms with Crippen LogP contribution in [0.15, 0.2) is 0 Å². The number of rotatable bonds is 1. The number of carbonyl (C=O) groups is 2. The molecule has 0 aromatic carbocycles. The number of piperidine rings is 1. The first-order valence-corrected chi connectivity index (χ1v) is 5.03. The largest absolute Gasteiger partial charge is 0.315 e. The maximum atomic E-state index is 11.1. The van der Waals surface area contributed by atoms with Gasteiger partial charge in [0.2, 0.25) is 11.8 Å². The second-order valence-corrected chi connectivity index (χ2v) is 3.88. The van der Waals surface area contributed by atoms with Crippen LogP contribution in [0.3, 0.4) is 0 Å². The fourth-order valence-corrected chi connectivity index (χ4v) is 2.06. The third-order valence-corrected chi connectivity index (χ3v) is 2.76. The van der Waals surface area contributed by atoms with Crippen LogP contribution in [0.5, 0.6) is 0 Å². The van der Waals surface area contributed by atoms with E-state index in [4.69, 9.17) is 0 Å². The Morgan fingerprint density at radius 2 is 1.93 bits per heavy atom. The van der Waals surface area contributed by atoms with Crippen molar-refractivity contribution in [1.82, 2.24) is 15.5 Å². The van der Waals surface area contributed by atoms with Crippen LogP contribution < -0.4 is 10.6 Å². The summed E-state index contributed by atoms with van der Waals surface area (Å²) >= 11 is 0. The molecule has 5 nitrogen and oxygen atoms in total. The summed E-state index contributed by atoms with van der Waals surface area (Å²) in [5.41, 5.74) is 0. The number of piperazine rings is 1. The van der Waals surface area contributed by atoms with Gasteiger partial charge in [-0.05, 0) is 19.4 Å². The molecule has 2 fully saturated rings. The molecule has 2 amide bonds. The Bertz CT molecular complexity index is 232. The average molecular weight is 197 g/mol. The van der Waals surface area contributed by atoms with Crippen molar-refractivity contribution >= 4 is 11.8 Å². The third-order valence-electron chi connectivity index (χ3n) is 2.76. The minimum Gasteiger partial charge on any atom is -0.315 e. The lowest BCUT2D eigenvalue weighted by Crippen LogP contribution is -2.57. The highest BCUT2D eigenvalue weighted by atomic mass is 16.2. The third kappa shape index (κ3) is 2.10. The summed E-state index contributed by atoms with van der Waals surface area (Å²) in [6.07, 6.45) is 2.20. The summed E-state index contributed by atoms with van der Waals surface area (Å²) in [5, 5.41) is 5.59. The standard InChI is InChI=1S/C9H15N3O2/c13-8-5-12(6-9(14)11-8)7-2-1-3-10-4-7/h7,10H,1-6H2,(H,11,13,14). The number of hydrogen-bond donors (Lipinski definition) is 2. The van der Waals surface area contributed by atoms with Gasteiger partial charge in [0.05, 0.1) is 13.1 Å². The second kappa shape index (κ2) is 4.06. The molecule has 14 heavy (non-hydrogen) atoms. The van der Waals surface area contributed by atoms with Crippen molar-refractivity contribution in [3.8, 4) is 0 Å². The highest BCUT2D eigenvalue weighted by Gasteiger charge is 2.28. The van der Waals surface area contributed by atoms with Gasteiger partial charge in [-0.1, -0.05) is 0 Å². The van der Waals surface area contributed by atoms with E-state index in [9.17, 15) is 9.59 Å². The number of carbonyl (C=O) groups excluding carboxylic acids is 2. The van der Waals surface area contributed by atoms with E-state index in [1.54, 1.807) is 0 Å². The molecular formula is C9H15N3O2. The highest BCUT2D eigenvalue weighted by molar-refractivity contribution is 5.99. The van der Waals surface area contributed by atoms with E-state index in [1.807, 2.05) is 4.90 Å². The molecule has 2 heterocycles. The van der Waals surface area contributed by atoms with Crippen molar-refractivity contribution in [3.05, 3.63) is 0 Å². The highest BCUT2D eigenvalue weighted by Crippen LogP contribution is 2.11. The zero-order valence-corrected chi connectivity index (χ0v) is 8.08. The molecule has 2 aliphatic rings. The zero-order valence-electron chi connectivity index (χ0n) is 8.08. The average Bonchev–Trinajstić information content (AvgIpc) is 2.18. The number of imide groups is 1. The van der Waals surface area contributed by atoms with E-state index in [0.29, 0.717) is 19.1 Å². The number of hydrogen-bond acceptors (Lipinski definition) is 4. The van der Waals surface area contributed by atoms with E-state index >= 15 is 0 Å². The molecule has 1 atom stereocenters. The Morgan fingerprint density at radius 3 is 2.50 bits per heavy atom. The van der Waals surface area contributed by atoms with Crippen LogP contribution >= 0.6 is 0 Å². The number of nitrogens with one attached hydrogen (secondary N) is 2. The van der Waals surface area contributed by atoms with Crippen molar-refractivity contribution in [2.24, 2.45) is 0 Å². The van der Waals surface area contributed by atoms with Crippen LogP contribution in [0.25, 0.3) is 0 Å². The minimum atomic E-state index is -0.174. The topological polar surface area (TPSA) is 61.4 Å². The Kier molecular flexibility index (Phi) is 2.79. The predicted molar refractivity (Wildman–Crippen MR) is 50.6 cm³/mol. The van der Waals surface area contributed by atoms with Crippen molar-refractivity contribution in [2.75, 3.05) is 26.2 Å². The smallest absolute Gasteiger partial charge is 0.240 e. The van der Waals surface area contributed by atoms with Gasteiger partial charge in [0.15, 0.2) is 0 Å². The van der Waals surface area contributed by atoms with Gasteiger partial charge >= 0.3 is 0 Å². The summed E-state index contributed by atoms with van der Waals surface area (Å²) < 4.78 is 0. The Labute approximate surface area is 82.8 Å². The van der Waals surface area contributed by atoms with Crippen LogP contribution in [0.2, 0.25) is 0 Å². The number of nitrogens with zero attached hydrogens (tertiary/aromatic N) is 1. The molecule has 0 bridgehead atoms. The van der Waals surface area contributed by atoms with Gasteiger partial charge < -0.3 is 5.32 Å². The molecule has 2 rings (SSSR count). The van der Waals surface area contributed by atoms with Gasteiger partial charge in [0, 0.05) is 12.6 Å². The van der Waals surface area contributed by atoms with E-state index < -0.39 is 0 Å². The quantitative estimate of drug-likeness (QED) is 0.513. The monoisotopic (exact) mass is 197 g/mol. The van der Waals surface area contributed by atoms with E-state index in [-0.39, 0.29) is 11.8 Å². The lowest BCUT2D eigenvalue weighted by molar-refractivity contribution is -0.137. The normalized spacial score (nSPS) is 30.1. The van der Waals surface area contributed by atoms with Crippen molar-refractivity contribution in [2.45, 2.75) is 18.9 Å². The van der Waals surface area contributed by atoms with Gasteiger partial charge in [-0.15, -0.1) is 0 Å². The van der Waals surface area contributed by atoms with Crippen LogP contribution in [0, 0.1) is 0 Å². The van der Waals surface area contributed by atoms with Gasteiger partial charge in [0.25, 0.3) is 0 Å². The molecule has 0 aliphatic carbocycles. The fourth-order valence-electron chi connectivity index (χ4n) is 2.06. The summed E-state index contributed by atoms with van der Waals surface area (Å²) in [6.45, 7) is 2.65. The molecule has 5 heteroatoms. The molecule has 0 radical (unpaired) electrons. The summed E-state index contributed by atoms with van der Waals surface area (Å²) in [4.78, 5) is 24.2. The summed E-state index contributed by atoms with van der Waals surface area (Å²) in [5.74, 6) is -0.348. The van der Waals surface area contributed by atoms with Gasteiger partial charge in [0.1, 0.15) is 0 Å². The second-order valence-electron chi connectivity index (χ2n) is 3.88. The first-order valence-electron chi connectivity index (χ1n) is 5.03. The summed E-state index contributed by atoms with van der Waals surface area (Å²) in [6, 6.07) is 0.346. The van der Waals surface area contributed by atoms with E-state index in [2.05, 4.69) is 10.6 Å². The van der Waals surface area contributed by atoms with E-state index in [1.165, 1.54) is 0 Å². The maximum Gasteiger partial charge on any atom is 0.240 e. The van der Waals surface area contributed by atoms with Crippen LogP contribution in [0.4, 0.5) is 0 Å². The van der Waals surface area contributed by atoms with Crippen molar-refractivity contribution < 1.29 is 9.59 Å². The predicted octanol–water partition coefficient (Wildman–Crippen LogP) is -1.30. The molecule has 0 aromatic rings. The fraction of sp³-hybridized carbons (Fsp3) is 0.778. The van der Waals surface area contributed by atoms with E-state index in [0.717, 1.165) is 25.9 Å². The molecule has 2 aliphatic heterocycles. The van der Waals surface area contributed by atoms with Gasteiger partial charge in [-0.3, -0.25) is 19.8 Å². The van der Waals surface area contributed by atoms with Crippen LogP contribution in [-0.2, 0) is 9.59 Å². The lowest BCUT2D eigenvalue weighted by Gasteiger charge is -2.35. The molecule has 0 saturated carbocycles. The first kappa shape index (κ1) is 9.61. The molecule has 78 valence electrons. The van der Waals surface area contributed by atoms with Crippen molar-refractivity contribution in [1.29, 1.82) is 0 Å². The zero-order chi connectivity index (χ0) is 9.97. The van der Waals surface area contributed by atoms with Gasteiger partial charge in [-0.25, -0.2) is 0 Å². The summed E-state index contributed by atoms with van der Waals surface area (Å²) in [7, 11) is 0. The Morgan fingerprint density at radius 1 is 1.21 bits per heavy atom. The molecule has 2 saturated heterocycles. The molecule has 1 unspecified atom stereocenters. The molecule has 0 spiro atoms. The number of amides is 2. The molecule has 0 aromatic heterocycles. The van der Waals surface area contributed by atoms with Crippen molar-refractivity contribution in [3.63, 3.8) is 0 Å². The first-order chi connectivity index (χ1) is 6.75. The Hall–Kier alpha value is -0.940. The molecular weight excluding hydrogens is 182 g/mol. The SMILES string of the molecule is O=C1CN(C2CCCNC2)CC(=O)N1. The maximum absolute atomic E-state index is 11.1. The lowest BCUT2D eigenvalue weighted by atomic mass is 10.1.